The second kappa shape index (κ2) is 6.99. The van der Waals surface area contributed by atoms with Gasteiger partial charge in [-0.05, 0) is 42.0 Å². The maximum absolute atomic E-state index is 12.7. The van der Waals surface area contributed by atoms with Crippen LogP contribution in [-0.2, 0) is 4.79 Å². The van der Waals surface area contributed by atoms with Crippen LogP contribution in [0, 0.1) is 0 Å². The number of carboxylic acids is 1. The molecule has 0 saturated carbocycles. The standard InChI is InChI=1S/C17H10BrNO4S2/c18-10-3-1-2-9(6-10)7-14-15(21)19(17(24)25-14)11-4-5-13(20)12(8-11)16(22)23/h1-8,20H,(H,22,23)/b14-7-. The molecule has 1 aliphatic heterocycles. The predicted octanol–water partition coefficient (Wildman–Crippen LogP) is 4.26. The fourth-order valence-corrected chi connectivity index (χ4v) is 3.99. The first kappa shape index (κ1) is 17.7. The monoisotopic (exact) mass is 435 g/mol. The molecule has 0 atom stereocenters. The number of aromatic carboxylic acids is 1. The zero-order valence-electron chi connectivity index (χ0n) is 12.5. The van der Waals surface area contributed by atoms with Gasteiger partial charge in [-0.15, -0.1) is 0 Å². The van der Waals surface area contributed by atoms with Gasteiger partial charge in [-0.3, -0.25) is 9.69 Å². The smallest absolute Gasteiger partial charge is 0.339 e. The molecule has 2 N–H and O–H groups in total. The molecule has 3 rings (SSSR count). The van der Waals surface area contributed by atoms with Crippen molar-refractivity contribution in [2.45, 2.75) is 0 Å². The van der Waals surface area contributed by atoms with Crippen LogP contribution in [0.25, 0.3) is 6.08 Å². The average Bonchev–Trinajstić information content (AvgIpc) is 2.82. The van der Waals surface area contributed by atoms with E-state index >= 15 is 0 Å². The van der Waals surface area contributed by atoms with Crippen molar-refractivity contribution in [2.24, 2.45) is 0 Å². The van der Waals surface area contributed by atoms with E-state index in [0.29, 0.717) is 14.9 Å². The molecule has 0 radical (unpaired) electrons. The molecule has 0 spiro atoms. The molecule has 5 nitrogen and oxygen atoms in total. The maximum atomic E-state index is 12.7. The van der Waals surface area contributed by atoms with Crippen molar-refractivity contribution in [3.63, 3.8) is 0 Å². The first-order chi connectivity index (χ1) is 11.9. The van der Waals surface area contributed by atoms with Crippen molar-refractivity contribution >= 4 is 67.9 Å². The largest absolute Gasteiger partial charge is 0.507 e. The normalized spacial score (nSPS) is 15.9. The first-order valence-corrected chi connectivity index (χ1v) is 8.98. The number of hydrogen-bond acceptors (Lipinski definition) is 5. The topological polar surface area (TPSA) is 77.8 Å². The lowest BCUT2D eigenvalue weighted by atomic mass is 10.1. The molecule has 0 aliphatic carbocycles. The summed E-state index contributed by atoms with van der Waals surface area (Å²) in [7, 11) is 0. The summed E-state index contributed by atoms with van der Waals surface area (Å²) in [5, 5.41) is 18.7. The molecule has 1 fully saturated rings. The van der Waals surface area contributed by atoms with E-state index in [1.54, 1.807) is 6.08 Å². The Balaban J connectivity index is 1.97. The summed E-state index contributed by atoms with van der Waals surface area (Å²) in [6, 6.07) is 11.4. The molecule has 1 amide bonds. The molecule has 2 aromatic carbocycles. The Morgan fingerprint density at radius 1 is 1.24 bits per heavy atom. The van der Waals surface area contributed by atoms with Crippen LogP contribution in [0.15, 0.2) is 51.8 Å². The lowest BCUT2D eigenvalue weighted by Gasteiger charge is -2.15. The number of nitrogens with zero attached hydrogens (tertiary/aromatic N) is 1. The van der Waals surface area contributed by atoms with Gasteiger partial charge in [0.05, 0.1) is 10.6 Å². The lowest BCUT2D eigenvalue weighted by molar-refractivity contribution is -0.113. The van der Waals surface area contributed by atoms with Crippen LogP contribution in [0.1, 0.15) is 15.9 Å². The summed E-state index contributed by atoms with van der Waals surface area (Å²) in [4.78, 5) is 25.6. The number of halogens is 1. The highest BCUT2D eigenvalue weighted by Crippen LogP contribution is 2.37. The molecular weight excluding hydrogens is 426 g/mol. The molecule has 0 bridgehead atoms. The number of thiocarbonyl (C=S) groups is 1. The fourth-order valence-electron chi connectivity index (χ4n) is 2.27. The average molecular weight is 436 g/mol. The summed E-state index contributed by atoms with van der Waals surface area (Å²) in [6.07, 6.45) is 1.72. The molecule has 1 aliphatic rings. The van der Waals surface area contributed by atoms with Crippen molar-refractivity contribution in [1.29, 1.82) is 0 Å². The van der Waals surface area contributed by atoms with Gasteiger partial charge in [0, 0.05) is 4.47 Å². The van der Waals surface area contributed by atoms with Gasteiger partial charge in [0.15, 0.2) is 4.32 Å². The van der Waals surface area contributed by atoms with E-state index in [2.05, 4.69) is 15.9 Å². The minimum absolute atomic E-state index is 0.289. The highest BCUT2D eigenvalue weighted by Gasteiger charge is 2.33. The van der Waals surface area contributed by atoms with Crippen LogP contribution in [0.4, 0.5) is 5.69 Å². The van der Waals surface area contributed by atoms with Crippen molar-refractivity contribution in [3.8, 4) is 5.75 Å². The van der Waals surface area contributed by atoms with Gasteiger partial charge in [-0.25, -0.2) is 4.79 Å². The zero-order valence-corrected chi connectivity index (χ0v) is 15.7. The fraction of sp³-hybridized carbons (Fsp3) is 0. The quantitative estimate of drug-likeness (QED) is 0.553. The van der Waals surface area contributed by atoms with Crippen LogP contribution in [0.3, 0.4) is 0 Å². The third kappa shape index (κ3) is 3.60. The Morgan fingerprint density at radius 3 is 2.68 bits per heavy atom. The van der Waals surface area contributed by atoms with Gasteiger partial charge >= 0.3 is 5.97 Å². The number of aromatic hydroxyl groups is 1. The van der Waals surface area contributed by atoms with E-state index < -0.39 is 5.97 Å². The Kier molecular flexibility index (Phi) is 4.94. The van der Waals surface area contributed by atoms with Crippen molar-refractivity contribution in [3.05, 3.63) is 63.0 Å². The van der Waals surface area contributed by atoms with Gasteiger partial charge in [-0.2, -0.15) is 0 Å². The third-order valence-corrected chi connectivity index (χ3v) is 5.20. The Bertz CT molecular complexity index is 942. The van der Waals surface area contributed by atoms with Crippen LogP contribution < -0.4 is 4.90 Å². The predicted molar refractivity (Wildman–Crippen MR) is 105 cm³/mol. The number of carboxylic acid groups (broad SMARTS) is 1. The minimum Gasteiger partial charge on any atom is -0.507 e. The Labute approximate surface area is 161 Å². The Hall–Kier alpha value is -2.16. The van der Waals surface area contributed by atoms with Crippen LogP contribution >= 0.6 is 39.9 Å². The number of thioether (sulfide) groups is 1. The molecule has 1 saturated heterocycles. The van der Waals surface area contributed by atoms with E-state index in [4.69, 9.17) is 17.3 Å². The van der Waals surface area contributed by atoms with E-state index in [0.717, 1.165) is 21.8 Å². The van der Waals surface area contributed by atoms with E-state index in [1.165, 1.54) is 23.1 Å². The molecule has 126 valence electrons. The molecule has 0 aromatic heterocycles. The summed E-state index contributed by atoms with van der Waals surface area (Å²) < 4.78 is 1.19. The van der Waals surface area contributed by atoms with Gasteiger partial charge in [0.2, 0.25) is 0 Å². The highest BCUT2D eigenvalue weighted by atomic mass is 79.9. The van der Waals surface area contributed by atoms with Crippen molar-refractivity contribution < 1.29 is 19.8 Å². The Morgan fingerprint density at radius 2 is 2.00 bits per heavy atom. The molecule has 2 aromatic rings. The van der Waals surface area contributed by atoms with Gasteiger partial charge in [0.25, 0.3) is 5.91 Å². The number of benzene rings is 2. The SMILES string of the molecule is O=C(O)c1cc(N2C(=O)/C(=C/c3cccc(Br)c3)SC2=S)ccc1O. The second-order valence-corrected chi connectivity index (χ2v) is 7.67. The molecule has 0 unspecified atom stereocenters. The third-order valence-electron chi connectivity index (χ3n) is 3.41. The summed E-state index contributed by atoms with van der Waals surface area (Å²) in [6.45, 7) is 0. The zero-order chi connectivity index (χ0) is 18.1. The van der Waals surface area contributed by atoms with Crippen molar-refractivity contribution in [1.82, 2.24) is 0 Å². The lowest BCUT2D eigenvalue weighted by Crippen LogP contribution is -2.27. The summed E-state index contributed by atoms with van der Waals surface area (Å²) >= 11 is 9.79. The number of carbonyl (C=O) groups excluding carboxylic acids is 1. The second-order valence-electron chi connectivity index (χ2n) is 5.08. The highest BCUT2D eigenvalue weighted by molar-refractivity contribution is 9.10. The molecular formula is C17H10BrNO4S2. The first-order valence-electron chi connectivity index (χ1n) is 6.96. The number of phenols is 1. The van der Waals surface area contributed by atoms with Gasteiger partial charge in [-0.1, -0.05) is 52.0 Å². The summed E-state index contributed by atoms with van der Waals surface area (Å²) in [5.41, 5.74) is 0.852. The van der Waals surface area contributed by atoms with Crippen molar-refractivity contribution in [2.75, 3.05) is 4.90 Å². The van der Waals surface area contributed by atoms with Gasteiger partial charge in [0.1, 0.15) is 11.3 Å². The minimum atomic E-state index is -1.28. The van der Waals surface area contributed by atoms with Crippen LogP contribution in [0.5, 0.6) is 5.75 Å². The number of amides is 1. The number of hydrogen-bond donors (Lipinski definition) is 2. The number of anilines is 1. The van der Waals surface area contributed by atoms with E-state index in [-0.39, 0.29) is 17.2 Å². The molecule has 1 heterocycles. The van der Waals surface area contributed by atoms with E-state index in [9.17, 15) is 14.7 Å². The summed E-state index contributed by atoms with van der Waals surface area (Å²) in [5.74, 6) is -1.99. The number of rotatable bonds is 3. The van der Waals surface area contributed by atoms with Crippen LogP contribution in [-0.4, -0.2) is 26.4 Å². The maximum Gasteiger partial charge on any atom is 0.339 e. The molecule has 8 heteroatoms. The molecule has 25 heavy (non-hydrogen) atoms. The van der Waals surface area contributed by atoms with Gasteiger partial charge < -0.3 is 10.2 Å². The van der Waals surface area contributed by atoms with E-state index in [1.807, 2.05) is 24.3 Å². The number of carbonyl (C=O) groups is 2. The van der Waals surface area contributed by atoms with Crippen LogP contribution in [0.2, 0.25) is 0 Å².